The van der Waals surface area contributed by atoms with Crippen LogP contribution in [0.15, 0.2) is 24.3 Å². The van der Waals surface area contributed by atoms with Gasteiger partial charge in [0, 0.05) is 5.02 Å². The lowest BCUT2D eigenvalue weighted by Crippen LogP contribution is -2.44. The van der Waals surface area contributed by atoms with E-state index >= 15 is 0 Å². The number of ether oxygens (including phenoxy) is 2. The van der Waals surface area contributed by atoms with Crippen molar-refractivity contribution in [1.29, 1.82) is 0 Å². The maximum absolute atomic E-state index is 11.7. The Hall–Kier alpha value is -0.690. The maximum Gasteiger partial charge on any atom is 0.556 e. The summed E-state index contributed by atoms with van der Waals surface area (Å²) >= 11 is 8.09. The van der Waals surface area contributed by atoms with E-state index in [1.807, 2.05) is 26.0 Å². The van der Waals surface area contributed by atoms with Crippen molar-refractivity contribution in [3.05, 3.63) is 34.9 Å². The molecule has 0 aromatic heterocycles. The fourth-order valence-electron chi connectivity index (χ4n) is 4.20. The van der Waals surface area contributed by atoms with Gasteiger partial charge >= 0.3 is 19.3 Å². The first kappa shape index (κ1) is 34.3. The highest BCUT2D eigenvalue weighted by Gasteiger charge is 2.59. The second-order valence-electron chi connectivity index (χ2n) is 9.68. The SMILES string of the molecule is CCCOC(COC(C)CCCCCCCCSCCC(CCC)c1ccc(Cl)cc1)(C(=O)O)[P+](=O)O. The third kappa shape index (κ3) is 13.8. The number of unbranched alkanes of at least 4 members (excludes halogenated alkanes) is 5. The predicted octanol–water partition coefficient (Wildman–Crippen LogP) is 8.43. The standard InChI is InChI=1S/C28H46ClO6PS/c1-4-12-24(25-14-16-26(29)17-15-25)18-21-37-20-11-9-7-6-8-10-13-23(3)34-22-28(27(30)31,36(32)33)35-19-5-2/h14-17,23-24H,4-13,18-22H2,1-3H3,(H-,30,31,32,33)/p+1. The van der Waals surface area contributed by atoms with Crippen molar-refractivity contribution < 1.29 is 28.8 Å². The molecule has 0 bridgehead atoms. The summed E-state index contributed by atoms with van der Waals surface area (Å²) in [5, 5.41) is 8.05. The molecule has 0 amide bonds. The van der Waals surface area contributed by atoms with Crippen LogP contribution in [0.2, 0.25) is 5.02 Å². The van der Waals surface area contributed by atoms with Gasteiger partial charge in [0.15, 0.2) is 0 Å². The Morgan fingerprint density at radius 2 is 1.65 bits per heavy atom. The average Bonchev–Trinajstić information content (AvgIpc) is 2.87. The molecule has 0 radical (unpaired) electrons. The van der Waals surface area contributed by atoms with E-state index in [-0.39, 0.29) is 12.7 Å². The third-order valence-corrected chi connectivity index (χ3v) is 8.91. The van der Waals surface area contributed by atoms with Crippen LogP contribution in [0.25, 0.3) is 0 Å². The van der Waals surface area contributed by atoms with Gasteiger partial charge in [-0.25, -0.2) is 4.79 Å². The minimum Gasteiger partial charge on any atom is -0.476 e. The van der Waals surface area contributed by atoms with Gasteiger partial charge in [0.05, 0.1) is 12.7 Å². The van der Waals surface area contributed by atoms with Crippen LogP contribution >= 0.6 is 31.4 Å². The Bertz CT molecular complexity index is 750. The second-order valence-corrected chi connectivity index (χ2v) is 12.6. The van der Waals surface area contributed by atoms with Crippen LogP contribution in [0, 0.1) is 0 Å². The fraction of sp³-hybridized carbons (Fsp3) is 0.750. The first-order chi connectivity index (χ1) is 17.8. The van der Waals surface area contributed by atoms with Crippen LogP contribution in [0.3, 0.4) is 0 Å². The first-order valence-corrected chi connectivity index (χ1v) is 16.5. The molecule has 4 unspecified atom stereocenters. The summed E-state index contributed by atoms with van der Waals surface area (Å²) in [6.07, 6.45) is 11.8. The third-order valence-electron chi connectivity index (χ3n) is 6.49. The molecule has 0 heterocycles. The number of aliphatic carboxylic acids is 1. The summed E-state index contributed by atoms with van der Waals surface area (Å²) < 4.78 is 22.6. The lowest BCUT2D eigenvalue weighted by Gasteiger charge is -2.20. The summed E-state index contributed by atoms with van der Waals surface area (Å²) in [5.41, 5.74) is 1.40. The molecule has 2 N–H and O–H groups in total. The van der Waals surface area contributed by atoms with Gasteiger partial charge in [0.25, 0.3) is 0 Å². The molecule has 0 aliphatic carbocycles. The number of thioether (sulfide) groups is 1. The fourth-order valence-corrected chi connectivity index (χ4v) is 5.94. The quantitative estimate of drug-likeness (QED) is 0.0995. The minimum atomic E-state index is -3.08. The molecule has 1 aromatic rings. The van der Waals surface area contributed by atoms with Crippen molar-refractivity contribution in [2.75, 3.05) is 24.7 Å². The Morgan fingerprint density at radius 1 is 1.00 bits per heavy atom. The van der Waals surface area contributed by atoms with Crippen LogP contribution in [-0.4, -0.2) is 52.1 Å². The summed E-state index contributed by atoms with van der Waals surface area (Å²) in [7, 11) is -3.08. The van der Waals surface area contributed by atoms with Crippen LogP contribution in [-0.2, 0) is 18.8 Å². The zero-order chi connectivity index (χ0) is 27.5. The highest BCUT2D eigenvalue weighted by molar-refractivity contribution is 7.99. The second kappa shape index (κ2) is 20.2. The molecule has 0 aliphatic rings. The number of benzene rings is 1. The van der Waals surface area contributed by atoms with Crippen molar-refractivity contribution >= 4 is 37.4 Å². The average molecular weight is 578 g/mol. The molecule has 9 heteroatoms. The smallest absolute Gasteiger partial charge is 0.476 e. The summed E-state index contributed by atoms with van der Waals surface area (Å²) in [6.45, 7) is 5.59. The van der Waals surface area contributed by atoms with Crippen LogP contribution in [0.4, 0.5) is 0 Å². The molecule has 212 valence electrons. The molecule has 4 atom stereocenters. The Kier molecular flexibility index (Phi) is 18.8. The Morgan fingerprint density at radius 3 is 2.24 bits per heavy atom. The summed E-state index contributed by atoms with van der Waals surface area (Å²) in [4.78, 5) is 21.2. The van der Waals surface area contributed by atoms with Gasteiger partial charge in [-0.15, -0.1) is 0 Å². The minimum absolute atomic E-state index is 0.0902. The Balaban J connectivity index is 2.12. The van der Waals surface area contributed by atoms with Crippen molar-refractivity contribution in [2.24, 2.45) is 0 Å². The normalized spacial score (nSPS) is 15.2. The molecular weight excluding hydrogens is 531 g/mol. The molecular formula is C28H47ClO6PS+. The lowest BCUT2D eigenvalue weighted by atomic mass is 9.92. The first-order valence-electron chi connectivity index (χ1n) is 13.7. The van der Waals surface area contributed by atoms with Gasteiger partial charge in [0.1, 0.15) is 6.61 Å². The van der Waals surface area contributed by atoms with Gasteiger partial charge in [-0.1, -0.05) is 76.1 Å². The van der Waals surface area contributed by atoms with E-state index in [0.29, 0.717) is 12.3 Å². The van der Waals surface area contributed by atoms with E-state index in [0.717, 1.165) is 24.3 Å². The topological polar surface area (TPSA) is 93.1 Å². The molecule has 0 spiro atoms. The van der Waals surface area contributed by atoms with E-state index in [1.54, 1.807) is 0 Å². The van der Waals surface area contributed by atoms with Crippen LogP contribution in [0.1, 0.15) is 103 Å². The molecule has 37 heavy (non-hydrogen) atoms. The lowest BCUT2D eigenvalue weighted by molar-refractivity contribution is -0.163. The number of carboxylic acid groups (broad SMARTS) is 1. The summed E-state index contributed by atoms with van der Waals surface area (Å²) in [5.74, 6) is 1.57. The van der Waals surface area contributed by atoms with Gasteiger partial charge in [-0.05, 0) is 78.7 Å². The largest absolute Gasteiger partial charge is 0.556 e. The summed E-state index contributed by atoms with van der Waals surface area (Å²) in [6, 6.07) is 8.33. The van der Waals surface area contributed by atoms with Crippen molar-refractivity contribution in [2.45, 2.75) is 109 Å². The number of hydrogen-bond donors (Lipinski definition) is 2. The zero-order valence-electron chi connectivity index (χ0n) is 22.8. The number of carbonyl (C=O) groups is 1. The van der Waals surface area contributed by atoms with E-state index in [9.17, 15) is 19.4 Å². The number of halogens is 1. The van der Waals surface area contributed by atoms with E-state index in [1.165, 1.54) is 62.0 Å². The van der Waals surface area contributed by atoms with Gasteiger partial charge in [-0.2, -0.15) is 16.7 Å². The molecule has 1 aromatic carbocycles. The molecule has 0 aliphatic heterocycles. The zero-order valence-corrected chi connectivity index (χ0v) is 25.3. The predicted molar refractivity (Wildman–Crippen MR) is 155 cm³/mol. The van der Waals surface area contributed by atoms with Crippen molar-refractivity contribution in [1.82, 2.24) is 0 Å². The Labute approximate surface area is 234 Å². The van der Waals surface area contributed by atoms with Gasteiger partial charge in [0.2, 0.25) is 0 Å². The molecule has 0 saturated heterocycles. The number of rotatable bonds is 23. The number of carboxylic acids is 1. The highest BCUT2D eigenvalue weighted by atomic mass is 35.5. The highest BCUT2D eigenvalue weighted by Crippen LogP contribution is 2.38. The maximum atomic E-state index is 11.7. The van der Waals surface area contributed by atoms with E-state index in [2.05, 4.69) is 30.8 Å². The molecule has 1 rings (SSSR count). The van der Waals surface area contributed by atoms with Crippen LogP contribution < -0.4 is 0 Å². The van der Waals surface area contributed by atoms with E-state index in [4.69, 9.17) is 21.1 Å². The molecule has 0 saturated carbocycles. The van der Waals surface area contributed by atoms with Crippen molar-refractivity contribution in [3.8, 4) is 0 Å². The van der Waals surface area contributed by atoms with E-state index < -0.39 is 25.9 Å². The molecule has 6 nitrogen and oxygen atoms in total. The van der Waals surface area contributed by atoms with Gasteiger partial charge < -0.3 is 14.6 Å². The monoisotopic (exact) mass is 577 g/mol. The van der Waals surface area contributed by atoms with Crippen LogP contribution in [0.5, 0.6) is 0 Å². The van der Waals surface area contributed by atoms with Gasteiger partial charge in [-0.3, -0.25) is 0 Å². The number of hydrogen-bond acceptors (Lipinski definition) is 5. The molecule has 0 fully saturated rings. The van der Waals surface area contributed by atoms with Crippen molar-refractivity contribution in [3.63, 3.8) is 0 Å².